The summed E-state index contributed by atoms with van der Waals surface area (Å²) in [5, 5.41) is 0. The van der Waals surface area contributed by atoms with Crippen LogP contribution in [0.15, 0.2) is 51.8 Å². The van der Waals surface area contributed by atoms with Crippen molar-refractivity contribution in [3.63, 3.8) is 0 Å². The van der Waals surface area contributed by atoms with Gasteiger partial charge >= 0.3 is 5.97 Å². The number of ether oxygens (including phenoxy) is 2. The van der Waals surface area contributed by atoms with Crippen LogP contribution in [-0.2, 0) is 20.9 Å². The highest BCUT2D eigenvalue weighted by atomic mass is 79.9. The third-order valence-corrected chi connectivity index (χ3v) is 6.51. The first-order valence-electron chi connectivity index (χ1n) is 9.67. The van der Waals surface area contributed by atoms with E-state index < -0.39 is 0 Å². The summed E-state index contributed by atoms with van der Waals surface area (Å²) in [4.78, 5) is 26.2. The topological polar surface area (TPSA) is 55.8 Å². The second-order valence-corrected chi connectivity index (χ2v) is 9.56. The first kappa shape index (κ1) is 23.5. The Kier molecular flexibility index (Phi) is 8.28. The Bertz CT molecular complexity index is 1020. The molecule has 1 fully saturated rings. The highest BCUT2D eigenvalue weighted by Gasteiger charge is 2.32. The van der Waals surface area contributed by atoms with E-state index in [2.05, 4.69) is 20.7 Å². The van der Waals surface area contributed by atoms with Crippen molar-refractivity contribution in [1.82, 2.24) is 4.90 Å². The number of hydrogen-bond donors (Lipinski definition) is 0. The predicted molar refractivity (Wildman–Crippen MR) is 131 cm³/mol. The SMILES string of the molecule is COC(=O)CCCN1C(=O)/C(=C\c2cc(Br)ccc2OCc2ccc(C)cc2)SC1=S. The summed E-state index contributed by atoms with van der Waals surface area (Å²) in [6, 6.07) is 13.9. The summed E-state index contributed by atoms with van der Waals surface area (Å²) in [7, 11) is 1.35. The van der Waals surface area contributed by atoms with E-state index in [-0.39, 0.29) is 18.3 Å². The molecule has 0 unspecified atom stereocenters. The van der Waals surface area contributed by atoms with Gasteiger partial charge in [0, 0.05) is 23.0 Å². The summed E-state index contributed by atoms with van der Waals surface area (Å²) in [5.74, 6) is 0.217. The number of thiocarbonyl (C=S) groups is 1. The number of hydrogen-bond acceptors (Lipinski definition) is 6. The molecule has 1 saturated heterocycles. The van der Waals surface area contributed by atoms with E-state index in [1.807, 2.05) is 49.4 Å². The molecule has 31 heavy (non-hydrogen) atoms. The minimum absolute atomic E-state index is 0.163. The van der Waals surface area contributed by atoms with Gasteiger partial charge in [-0.25, -0.2) is 0 Å². The van der Waals surface area contributed by atoms with E-state index in [4.69, 9.17) is 17.0 Å². The van der Waals surface area contributed by atoms with Crippen LogP contribution >= 0.6 is 39.9 Å². The van der Waals surface area contributed by atoms with Crippen LogP contribution in [-0.4, -0.2) is 34.8 Å². The Labute approximate surface area is 199 Å². The van der Waals surface area contributed by atoms with Crippen LogP contribution in [0, 0.1) is 6.92 Å². The molecule has 3 rings (SSSR count). The lowest BCUT2D eigenvalue weighted by molar-refractivity contribution is -0.141. The van der Waals surface area contributed by atoms with E-state index in [0.29, 0.717) is 34.5 Å². The van der Waals surface area contributed by atoms with Gasteiger partial charge in [0.1, 0.15) is 16.7 Å². The standard InChI is InChI=1S/C23H22BrNO4S2/c1-15-5-7-16(8-6-15)14-29-19-10-9-18(24)12-17(19)13-20-22(27)25(23(30)31-20)11-3-4-21(26)28-2/h5-10,12-13H,3-4,11,14H2,1-2H3/b20-13+. The zero-order valence-corrected chi connectivity index (χ0v) is 20.4. The number of benzene rings is 2. The molecule has 0 saturated carbocycles. The van der Waals surface area contributed by atoms with Gasteiger partial charge in [0.05, 0.1) is 12.0 Å². The van der Waals surface area contributed by atoms with E-state index in [1.54, 1.807) is 6.08 Å². The van der Waals surface area contributed by atoms with Crippen molar-refractivity contribution in [2.75, 3.05) is 13.7 Å². The molecule has 0 aliphatic carbocycles. The van der Waals surface area contributed by atoms with Gasteiger partial charge in [-0.15, -0.1) is 0 Å². The van der Waals surface area contributed by atoms with Gasteiger partial charge in [0.2, 0.25) is 0 Å². The Morgan fingerprint density at radius 2 is 1.97 bits per heavy atom. The molecular weight excluding hydrogens is 498 g/mol. The molecule has 1 amide bonds. The van der Waals surface area contributed by atoms with Crippen LogP contribution in [0.2, 0.25) is 0 Å². The molecular formula is C23H22BrNO4S2. The smallest absolute Gasteiger partial charge is 0.305 e. The Balaban J connectivity index is 1.73. The molecule has 0 bridgehead atoms. The second-order valence-electron chi connectivity index (χ2n) is 6.97. The van der Waals surface area contributed by atoms with E-state index in [1.165, 1.54) is 29.3 Å². The van der Waals surface area contributed by atoms with Crippen molar-refractivity contribution >= 4 is 62.2 Å². The molecule has 0 spiro atoms. The maximum atomic E-state index is 12.9. The monoisotopic (exact) mass is 519 g/mol. The second kappa shape index (κ2) is 10.9. The van der Waals surface area contributed by atoms with Crippen LogP contribution in [0.25, 0.3) is 6.08 Å². The lowest BCUT2D eigenvalue weighted by Crippen LogP contribution is -2.29. The maximum Gasteiger partial charge on any atom is 0.305 e. The van der Waals surface area contributed by atoms with Gasteiger partial charge < -0.3 is 9.47 Å². The number of aryl methyl sites for hydroxylation is 1. The molecule has 1 aliphatic rings. The zero-order valence-electron chi connectivity index (χ0n) is 17.2. The van der Waals surface area contributed by atoms with Gasteiger partial charge in [-0.05, 0) is 43.2 Å². The molecule has 0 N–H and O–H groups in total. The Hall–Kier alpha value is -2.16. The Morgan fingerprint density at radius 1 is 1.23 bits per heavy atom. The average molecular weight is 520 g/mol. The maximum absolute atomic E-state index is 12.9. The number of rotatable bonds is 8. The first-order valence-corrected chi connectivity index (χ1v) is 11.7. The molecule has 1 aliphatic heterocycles. The first-order chi connectivity index (χ1) is 14.9. The summed E-state index contributed by atoms with van der Waals surface area (Å²) in [6.07, 6.45) is 2.54. The van der Waals surface area contributed by atoms with Gasteiger partial charge in [-0.2, -0.15) is 0 Å². The third kappa shape index (κ3) is 6.41. The highest BCUT2D eigenvalue weighted by molar-refractivity contribution is 9.10. The molecule has 8 heteroatoms. The van der Waals surface area contributed by atoms with Crippen molar-refractivity contribution in [2.45, 2.75) is 26.4 Å². The van der Waals surface area contributed by atoms with Gasteiger partial charge in [-0.1, -0.05) is 69.7 Å². The van der Waals surface area contributed by atoms with Crippen LogP contribution in [0.4, 0.5) is 0 Å². The van der Waals surface area contributed by atoms with Crippen molar-refractivity contribution in [3.05, 3.63) is 68.5 Å². The quantitative estimate of drug-likeness (QED) is 0.261. The zero-order chi connectivity index (χ0) is 22.4. The van der Waals surface area contributed by atoms with Gasteiger partial charge in [0.15, 0.2) is 0 Å². The van der Waals surface area contributed by atoms with E-state index in [9.17, 15) is 9.59 Å². The normalized spacial score (nSPS) is 14.9. The summed E-state index contributed by atoms with van der Waals surface area (Å²) >= 11 is 10.1. The molecule has 2 aromatic rings. The summed E-state index contributed by atoms with van der Waals surface area (Å²) in [6.45, 7) is 2.85. The highest BCUT2D eigenvalue weighted by Crippen LogP contribution is 2.35. The minimum Gasteiger partial charge on any atom is -0.488 e. The number of esters is 1. The van der Waals surface area contributed by atoms with Gasteiger partial charge in [0.25, 0.3) is 5.91 Å². The molecule has 0 atom stereocenters. The van der Waals surface area contributed by atoms with E-state index in [0.717, 1.165) is 15.6 Å². The molecule has 5 nitrogen and oxygen atoms in total. The number of methoxy groups -OCH3 is 1. The van der Waals surface area contributed by atoms with Crippen molar-refractivity contribution in [3.8, 4) is 5.75 Å². The largest absolute Gasteiger partial charge is 0.488 e. The number of thioether (sulfide) groups is 1. The fourth-order valence-electron chi connectivity index (χ4n) is 2.93. The van der Waals surface area contributed by atoms with Gasteiger partial charge in [-0.3, -0.25) is 14.5 Å². The molecule has 0 aromatic heterocycles. The third-order valence-electron chi connectivity index (χ3n) is 4.64. The van der Waals surface area contributed by atoms with Crippen LogP contribution in [0.5, 0.6) is 5.75 Å². The number of nitrogens with zero attached hydrogens (tertiary/aromatic N) is 1. The number of halogens is 1. The molecule has 0 radical (unpaired) electrons. The number of carbonyl (C=O) groups excluding carboxylic acids is 2. The Morgan fingerprint density at radius 3 is 2.68 bits per heavy atom. The number of carbonyl (C=O) groups is 2. The van der Waals surface area contributed by atoms with Crippen molar-refractivity contribution in [1.29, 1.82) is 0 Å². The van der Waals surface area contributed by atoms with Crippen LogP contribution in [0.3, 0.4) is 0 Å². The lowest BCUT2D eigenvalue weighted by Gasteiger charge is -2.13. The lowest BCUT2D eigenvalue weighted by atomic mass is 10.1. The van der Waals surface area contributed by atoms with E-state index >= 15 is 0 Å². The predicted octanol–water partition coefficient (Wildman–Crippen LogP) is 5.49. The molecule has 1 heterocycles. The van der Waals surface area contributed by atoms with Crippen LogP contribution in [0.1, 0.15) is 29.5 Å². The minimum atomic E-state index is -0.300. The number of amides is 1. The summed E-state index contributed by atoms with van der Waals surface area (Å²) in [5.41, 5.74) is 3.05. The average Bonchev–Trinajstić information content (AvgIpc) is 3.01. The van der Waals surface area contributed by atoms with Crippen LogP contribution < -0.4 is 4.74 Å². The van der Waals surface area contributed by atoms with Crippen molar-refractivity contribution < 1.29 is 19.1 Å². The molecule has 162 valence electrons. The molecule has 2 aromatic carbocycles. The fraction of sp³-hybridized carbons (Fsp3) is 0.261. The fourth-order valence-corrected chi connectivity index (χ4v) is 4.60. The van der Waals surface area contributed by atoms with Crippen molar-refractivity contribution in [2.24, 2.45) is 0 Å². The summed E-state index contributed by atoms with van der Waals surface area (Å²) < 4.78 is 12.0.